The molecule has 0 radical (unpaired) electrons. The van der Waals surface area contributed by atoms with E-state index in [1.807, 2.05) is 30.3 Å². The molecule has 0 aliphatic heterocycles. The fourth-order valence-corrected chi connectivity index (χ4v) is 2.14. The maximum Gasteiger partial charge on any atom is 0.133 e. The van der Waals surface area contributed by atoms with Gasteiger partial charge in [0.05, 0.1) is 11.1 Å². The van der Waals surface area contributed by atoms with Crippen LogP contribution >= 0.6 is 15.9 Å². The van der Waals surface area contributed by atoms with Crippen LogP contribution in [0.1, 0.15) is 11.3 Å². The molecule has 0 spiro atoms. The molecule has 0 unspecified atom stereocenters. The van der Waals surface area contributed by atoms with Gasteiger partial charge in [0.2, 0.25) is 0 Å². The van der Waals surface area contributed by atoms with Crippen molar-refractivity contribution in [3.63, 3.8) is 0 Å². The minimum Gasteiger partial charge on any atom is -0.492 e. The Morgan fingerprint density at radius 2 is 2.12 bits per heavy atom. The SMILES string of the molecule is Cc1ccc(OCCc2ccccn2)c(Br)c1. The van der Waals surface area contributed by atoms with Gasteiger partial charge in [-0.3, -0.25) is 4.98 Å². The van der Waals surface area contributed by atoms with Gasteiger partial charge in [-0.1, -0.05) is 12.1 Å². The van der Waals surface area contributed by atoms with Crippen LogP contribution in [0.5, 0.6) is 5.75 Å². The van der Waals surface area contributed by atoms with Crippen molar-refractivity contribution in [2.45, 2.75) is 13.3 Å². The summed E-state index contributed by atoms with van der Waals surface area (Å²) in [6.07, 6.45) is 2.62. The summed E-state index contributed by atoms with van der Waals surface area (Å²) < 4.78 is 6.71. The van der Waals surface area contributed by atoms with Crippen LogP contribution in [0.25, 0.3) is 0 Å². The predicted octanol–water partition coefficient (Wildman–Crippen LogP) is 3.77. The van der Waals surface area contributed by atoms with Crippen molar-refractivity contribution in [1.82, 2.24) is 4.98 Å². The molecule has 0 bridgehead atoms. The van der Waals surface area contributed by atoms with Crippen LogP contribution < -0.4 is 4.74 Å². The van der Waals surface area contributed by atoms with Crippen molar-refractivity contribution in [3.05, 3.63) is 58.3 Å². The molecule has 1 aromatic carbocycles. The number of halogens is 1. The molecule has 0 saturated heterocycles. The summed E-state index contributed by atoms with van der Waals surface area (Å²) in [7, 11) is 0. The molecule has 17 heavy (non-hydrogen) atoms. The number of rotatable bonds is 4. The fourth-order valence-electron chi connectivity index (χ4n) is 1.53. The number of pyridine rings is 1. The van der Waals surface area contributed by atoms with E-state index in [1.165, 1.54) is 5.56 Å². The van der Waals surface area contributed by atoms with Gasteiger partial charge in [-0.25, -0.2) is 0 Å². The highest BCUT2D eigenvalue weighted by Crippen LogP contribution is 2.25. The molecule has 0 atom stereocenters. The van der Waals surface area contributed by atoms with E-state index in [-0.39, 0.29) is 0 Å². The number of benzene rings is 1. The van der Waals surface area contributed by atoms with E-state index in [2.05, 4.69) is 33.9 Å². The molecular weight excluding hydrogens is 278 g/mol. The van der Waals surface area contributed by atoms with Gasteiger partial charge in [-0.05, 0) is 52.7 Å². The standard InChI is InChI=1S/C14H14BrNO/c1-11-5-6-14(13(15)10-11)17-9-7-12-4-2-3-8-16-12/h2-6,8,10H,7,9H2,1H3. The minimum atomic E-state index is 0.638. The van der Waals surface area contributed by atoms with E-state index < -0.39 is 0 Å². The van der Waals surface area contributed by atoms with Gasteiger partial charge < -0.3 is 4.74 Å². The first kappa shape index (κ1) is 12.1. The first-order chi connectivity index (χ1) is 8.25. The van der Waals surface area contributed by atoms with E-state index in [9.17, 15) is 0 Å². The van der Waals surface area contributed by atoms with E-state index in [4.69, 9.17) is 4.74 Å². The van der Waals surface area contributed by atoms with Crippen LogP contribution in [0.2, 0.25) is 0 Å². The highest BCUT2D eigenvalue weighted by molar-refractivity contribution is 9.10. The van der Waals surface area contributed by atoms with Gasteiger partial charge in [0.15, 0.2) is 0 Å². The maximum atomic E-state index is 5.71. The number of hydrogen-bond acceptors (Lipinski definition) is 2. The molecule has 2 aromatic rings. The molecule has 0 fully saturated rings. The summed E-state index contributed by atoms with van der Waals surface area (Å²) in [5.41, 5.74) is 2.27. The zero-order valence-corrected chi connectivity index (χ0v) is 11.3. The van der Waals surface area contributed by atoms with Crippen LogP contribution in [-0.4, -0.2) is 11.6 Å². The van der Waals surface area contributed by atoms with E-state index in [1.54, 1.807) is 6.20 Å². The Hall–Kier alpha value is -1.35. The topological polar surface area (TPSA) is 22.1 Å². The zero-order valence-electron chi connectivity index (χ0n) is 9.69. The van der Waals surface area contributed by atoms with Crippen molar-refractivity contribution in [2.24, 2.45) is 0 Å². The molecule has 0 amide bonds. The molecule has 88 valence electrons. The van der Waals surface area contributed by atoms with E-state index >= 15 is 0 Å². The summed E-state index contributed by atoms with van der Waals surface area (Å²) in [6, 6.07) is 12.0. The number of nitrogens with zero attached hydrogens (tertiary/aromatic N) is 1. The van der Waals surface area contributed by atoms with Gasteiger partial charge in [0.25, 0.3) is 0 Å². The van der Waals surface area contributed by atoms with Crippen LogP contribution in [0, 0.1) is 6.92 Å². The molecule has 2 rings (SSSR count). The molecule has 0 aliphatic carbocycles. The lowest BCUT2D eigenvalue weighted by atomic mass is 10.2. The monoisotopic (exact) mass is 291 g/mol. The third-order valence-electron chi connectivity index (χ3n) is 2.43. The third kappa shape index (κ3) is 3.56. The molecule has 0 saturated carbocycles. The van der Waals surface area contributed by atoms with Crippen molar-refractivity contribution < 1.29 is 4.74 Å². The second-order valence-electron chi connectivity index (χ2n) is 3.85. The van der Waals surface area contributed by atoms with Gasteiger partial charge in [-0.15, -0.1) is 0 Å². The first-order valence-corrected chi connectivity index (χ1v) is 6.34. The Morgan fingerprint density at radius 3 is 2.82 bits per heavy atom. The quantitative estimate of drug-likeness (QED) is 0.855. The van der Waals surface area contributed by atoms with Gasteiger partial charge in [0.1, 0.15) is 5.75 Å². The molecule has 0 aliphatic rings. The lowest BCUT2D eigenvalue weighted by Crippen LogP contribution is -2.03. The first-order valence-electron chi connectivity index (χ1n) is 5.54. The van der Waals surface area contributed by atoms with Crippen LogP contribution in [0.3, 0.4) is 0 Å². The zero-order chi connectivity index (χ0) is 12.1. The molecule has 1 heterocycles. The lowest BCUT2D eigenvalue weighted by Gasteiger charge is -2.08. The highest BCUT2D eigenvalue weighted by Gasteiger charge is 2.01. The second kappa shape index (κ2) is 5.82. The van der Waals surface area contributed by atoms with Crippen LogP contribution in [0.15, 0.2) is 47.1 Å². The molecule has 3 heteroatoms. The second-order valence-corrected chi connectivity index (χ2v) is 4.71. The smallest absolute Gasteiger partial charge is 0.133 e. The average Bonchev–Trinajstić information content (AvgIpc) is 2.33. The Morgan fingerprint density at radius 1 is 1.24 bits per heavy atom. The summed E-state index contributed by atoms with van der Waals surface area (Å²) in [5, 5.41) is 0. The maximum absolute atomic E-state index is 5.71. The largest absolute Gasteiger partial charge is 0.492 e. The summed E-state index contributed by atoms with van der Waals surface area (Å²) in [5.74, 6) is 0.881. The van der Waals surface area contributed by atoms with E-state index in [0.29, 0.717) is 6.61 Å². The number of hydrogen-bond donors (Lipinski definition) is 0. The highest BCUT2D eigenvalue weighted by atomic mass is 79.9. The Bertz CT molecular complexity index is 485. The molecule has 2 nitrogen and oxygen atoms in total. The summed E-state index contributed by atoms with van der Waals surface area (Å²) in [6.45, 7) is 2.70. The van der Waals surface area contributed by atoms with E-state index in [0.717, 1.165) is 22.3 Å². The van der Waals surface area contributed by atoms with Crippen molar-refractivity contribution >= 4 is 15.9 Å². The third-order valence-corrected chi connectivity index (χ3v) is 3.05. The van der Waals surface area contributed by atoms with Crippen LogP contribution in [-0.2, 0) is 6.42 Å². The number of aromatic nitrogens is 1. The minimum absolute atomic E-state index is 0.638. The normalized spacial score (nSPS) is 10.2. The molecule has 0 N–H and O–H groups in total. The van der Waals surface area contributed by atoms with Crippen molar-refractivity contribution in [2.75, 3.05) is 6.61 Å². The summed E-state index contributed by atoms with van der Waals surface area (Å²) in [4.78, 5) is 4.25. The van der Waals surface area contributed by atoms with Gasteiger partial charge in [0, 0.05) is 18.3 Å². The molecular formula is C14H14BrNO. The Labute approximate surface area is 110 Å². The van der Waals surface area contributed by atoms with Gasteiger partial charge >= 0.3 is 0 Å². The van der Waals surface area contributed by atoms with Gasteiger partial charge in [-0.2, -0.15) is 0 Å². The molecule has 1 aromatic heterocycles. The number of aryl methyl sites for hydroxylation is 1. The van der Waals surface area contributed by atoms with Crippen molar-refractivity contribution in [3.8, 4) is 5.75 Å². The predicted molar refractivity (Wildman–Crippen MR) is 72.3 cm³/mol. The average molecular weight is 292 g/mol. The lowest BCUT2D eigenvalue weighted by molar-refractivity contribution is 0.318. The van der Waals surface area contributed by atoms with Crippen molar-refractivity contribution in [1.29, 1.82) is 0 Å². The summed E-state index contributed by atoms with van der Waals surface area (Å²) >= 11 is 3.49. The Kier molecular flexibility index (Phi) is 4.15. The Balaban J connectivity index is 1.90. The van der Waals surface area contributed by atoms with Crippen LogP contribution in [0.4, 0.5) is 0 Å². The fraction of sp³-hybridized carbons (Fsp3) is 0.214. The number of ether oxygens (including phenoxy) is 1.